The van der Waals surface area contributed by atoms with Gasteiger partial charge in [-0.2, -0.15) is 5.10 Å². The Balaban J connectivity index is 2.49. The van der Waals surface area contributed by atoms with E-state index in [2.05, 4.69) is 15.3 Å². The van der Waals surface area contributed by atoms with Crippen molar-refractivity contribution in [1.29, 1.82) is 0 Å². The third-order valence-corrected chi connectivity index (χ3v) is 1.47. The van der Waals surface area contributed by atoms with E-state index in [0.29, 0.717) is 18.1 Å². The van der Waals surface area contributed by atoms with Crippen molar-refractivity contribution < 1.29 is 13.9 Å². The number of hydrogen-bond acceptors (Lipinski definition) is 4. The molecule has 5 heteroatoms. The molecule has 1 amide bonds. The molecule has 0 aliphatic rings. The van der Waals surface area contributed by atoms with E-state index >= 15 is 0 Å². The van der Waals surface area contributed by atoms with Gasteiger partial charge in [-0.25, -0.2) is 10.2 Å². The SMILES string of the molecule is CCOC(=O)N/N=C(/C)c1ccco1. The number of carbonyl (C=O) groups is 1. The zero-order valence-corrected chi connectivity index (χ0v) is 8.11. The summed E-state index contributed by atoms with van der Waals surface area (Å²) in [6.45, 7) is 3.77. The second kappa shape index (κ2) is 5.06. The predicted molar refractivity (Wildman–Crippen MR) is 51.1 cm³/mol. The second-order valence-corrected chi connectivity index (χ2v) is 2.51. The maximum Gasteiger partial charge on any atom is 0.427 e. The van der Waals surface area contributed by atoms with Crippen molar-refractivity contribution in [3.05, 3.63) is 24.2 Å². The van der Waals surface area contributed by atoms with Crippen molar-refractivity contribution in [3.8, 4) is 0 Å². The van der Waals surface area contributed by atoms with Crippen LogP contribution >= 0.6 is 0 Å². The molecule has 1 N–H and O–H groups in total. The highest BCUT2D eigenvalue weighted by atomic mass is 16.5. The van der Waals surface area contributed by atoms with Crippen molar-refractivity contribution in [2.45, 2.75) is 13.8 Å². The van der Waals surface area contributed by atoms with Gasteiger partial charge >= 0.3 is 6.09 Å². The number of hydrazone groups is 1. The lowest BCUT2D eigenvalue weighted by atomic mass is 10.3. The van der Waals surface area contributed by atoms with Crippen LogP contribution in [0.2, 0.25) is 0 Å². The molecular formula is C9H12N2O3. The van der Waals surface area contributed by atoms with Crippen LogP contribution in [0.4, 0.5) is 4.79 Å². The number of nitrogens with zero attached hydrogens (tertiary/aromatic N) is 1. The van der Waals surface area contributed by atoms with Crippen molar-refractivity contribution in [1.82, 2.24) is 5.43 Å². The van der Waals surface area contributed by atoms with E-state index < -0.39 is 6.09 Å². The largest absolute Gasteiger partial charge is 0.463 e. The Bertz CT molecular complexity index is 317. The number of nitrogens with one attached hydrogen (secondary N) is 1. The lowest BCUT2D eigenvalue weighted by Gasteiger charge is -2.00. The Morgan fingerprint density at radius 1 is 1.71 bits per heavy atom. The average Bonchev–Trinajstić information content (AvgIpc) is 2.67. The van der Waals surface area contributed by atoms with Crippen LogP contribution in [0.15, 0.2) is 27.9 Å². The first kappa shape index (κ1) is 10.3. The fourth-order valence-corrected chi connectivity index (χ4v) is 0.832. The minimum atomic E-state index is -0.571. The molecule has 0 spiro atoms. The van der Waals surface area contributed by atoms with Gasteiger partial charge < -0.3 is 9.15 Å². The molecule has 76 valence electrons. The fourth-order valence-electron chi connectivity index (χ4n) is 0.832. The van der Waals surface area contributed by atoms with Gasteiger partial charge in [-0.15, -0.1) is 0 Å². The summed E-state index contributed by atoms with van der Waals surface area (Å²) in [5.41, 5.74) is 2.82. The molecule has 0 aliphatic heterocycles. The smallest absolute Gasteiger partial charge is 0.427 e. The molecule has 0 unspecified atom stereocenters. The van der Waals surface area contributed by atoms with Crippen LogP contribution in [0.5, 0.6) is 0 Å². The van der Waals surface area contributed by atoms with Gasteiger partial charge in [-0.3, -0.25) is 0 Å². The zero-order chi connectivity index (χ0) is 10.4. The normalized spacial score (nSPS) is 11.1. The molecule has 1 aromatic heterocycles. The van der Waals surface area contributed by atoms with Gasteiger partial charge in [0.2, 0.25) is 0 Å². The lowest BCUT2D eigenvalue weighted by molar-refractivity contribution is 0.152. The zero-order valence-electron chi connectivity index (χ0n) is 8.11. The maximum atomic E-state index is 10.8. The molecule has 1 rings (SSSR count). The molecule has 0 saturated carbocycles. The van der Waals surface area contributed by atoms with E-state index in [1.165, 1.54) is 0 Å². The second-order valence-electron chi connectivity index (χ2n) is 2.51. The Hall–Kier alpha value is -1.78. The van der Waals surface area contributed by atoms with Crippen LogP contribution in [-0.2, 0) is 4.74 Å². The van der Waals surface area contributed by atoms with E-state index in [1.54, 1.807) is 32.2 Å². The molecule has 0 aliphatic carbocycles. The molecule has 0 radical (unpaired) electrons. The first-order valence-corrected chi connectivity index (χ1v) is 4.25. The summed E-state index contributed by atoms with van der Waals surface area (Å²) in [5.74, 6) is 0.613. The highest BCUT2D eigenvalue weighted by molar-refractivity contribution is 5.96. The molecule has 1 heterocycles. The molecular weight excluding hydrogens is 184 g/mol. The highest BCUT2D eigenvalue weighted by Gasteiger charge is 2.01. The van der Waals surface area contributed by atoms with Crippen LogP contribution in [0.25, 0.3) is 0 Å². The summed E-state index contributed by atoms with van der Waals surface area (Å²) < 4.78 is 9.69. The minimum absolute atomic E-state index is 0.321. The first-order valence-electron chi connectivity index (χ1n) is 4.25. The van der Waals surface area contributed by atoms with E-state index in [-0.39, 0.29) is 0 Å². The molecule has 1 aromatic rings. The maximum absolute atomic E-state index is 10.8. The summed E-state index contributed by atoms with van der Waals surface area (Å²) >= 11 is 0. The standard InChI is InChI=1S/C9H12N2O3/c1-3-13-9(12)11-10-7(2)8-5-4-6-14-8/h4-6H,3H2,1-2H3,(H,11,12)/b10-7-. The number of ether oxygens (including phenoxy) is 1. The van der Waals surface area contributed by atoms with Gasteiger partial charge in [0.25, 0.3) is 0 Å². The summed E-state index contributed by atoms with van der Waals surface area (Å²) in [4.78, 5) is 10.8. The van der Waals surface area contributed by atoms with E-state index in [1.807, 2.05) is 0 Å². The summed E-state index contributed by atoms with van der Waals surface area (Å²) in [5, 5.41) is 3.78. The minimum Gasteiger partial charge on any atom is -0.463 e. The summed E-state index contributed by atoms with van der Waals surface area (Å²) in [6.07, 6.45) is 0.969. The quantitative estimate of drug-likeness (QED) is 0.591. The summed E-state index contributed by atoms with van der Waals surface area (Å²) in [6, 6.07) is 3.50. The van der Waals surface area contributed by atoms with Crippen LogP contribution in [0.1, 0.15) is 19.6 Å². The first-order chi connectivity index (χ1) is 6.74. The Labute approximate surface area is 81.7 Å². The van der Waals surface area contributed by atoms with Crippen molar-refractivity contribution in [2.24, 2.45) is 5.10 Å². The van der Waals surface area contributed by atoms with Crippen LogP contribution in [0, 0.1) is 0 Å². The third-order valence-electron chi connectivity index (χ3n) is 1.47. The van der Waals surface area contributed by atoms with Crippen molar-refractivity contribution >= 4 is 11.8 Å². The van der Waals surface area contributed by atoms with Crippen LogP contribution in [0.3, 0.4) is 0 Å². The van der Waals surface area contributed by atoms with Crippen LogP contribution in [-0.4, -0.2) is 18.4 Å². The fraction of sp³-hybridized carbons (Fsp3) is 0.333. The molecule has 0 atom stereocenters. The third kappa shape index (κ3) is 2.93. The number of amides is 1. The van der Waals surface area contributed by atoms with E-state index in [4.69, 9.17) is 4.42 Å². The molecule has 0 saturated heterocycles. The van der Waals surface area contributed by atoms with Gasteiger partial charge in [-0.1, -0.05) is 0 Å². The van der Waals surface area contributed by atoms with E-state index in [0.717, 1.165) is 0 Å². The van der Waals surface area contributed by atoms with E-state index in [9.17, 15) is 4.79 Å². The molecule has 5 nitrogen and oxygen atoms in total. The van der Waals surface area contributed by atoms with Gasteiger partial charge in [-0.05, 0) is 26.0 Å². The number of carbonyl (C=O) groups excluding carboxylic acids is 1. The molecule has 0 fully saturated rings. The molecule has 0 bridgehead atoms. The average molecular weight is 196 g/mol. The number of hydrogen-bond donors (Lipinski definition) is 1. The van der Waals surface area contributed by atoms with Gasteiger partial charge in [0.05, 0.1) is 12.9 Å². The van der Waals surface area contributed by atoms with Gasteiger partial charge in [0, 0.05) is 0 Å². The van der Waals surface area contributed by atoms with Crippen molar-refractivity contribution in [3.63, 3.8) is 0 Å². The summed E-state index contributed by atoms with van der Waals surface area (Å²) in [7, 11) is 0. The van der Waals surface area contributed by atoms with Crippen molar-refractivity contribution in [2.75, 3.05) is 6.61 Å². The Kier molecular flexibility index (Phi) is 3.72. The highest BCUT2D eigenvalue weighted by Crippen LogP contribution is 2.00. The topological polar surface area (TPSA) is 63.8 Å². The number of rotatable bonds is 3. The lowest BCUT2D eigenvalue weighted by Crippen LogP contribution is -2.20. The molecule has 14 heavy (non-hydrogen) atoms. The monoisotopic (exact) mass is 196 g/mol. The molecule has 0 aromatic carbocycles. The number of furan rings is 1. The van der Waals surface area contributed by atoms with Crippen LogP contribution < -0.4 is 5.43 Å². The Morgan fingerprint density at radius 2 is 2.50 bits per heavy atom. The predicted octanol–water partition coefficient (Wildman–Crippen LogP) is 1.75. The Morgan fingerprint density at radius 3 is 3.07 bits per heavy atom. The van der Waals surface area contributed by atoms with Gasteiger partial charge in [0.15, 0.2) is 0 Å². The van der Waals surface area contributed by atoms with Gasteiger partial charge in [0.1, 0.15) is 11.5 Å².